The number of fused-ring (bicyclic) bond motifs is 1. The van der Waals surface area contributed by atoms with Crippen LogP contribution in [0.5, 0.6) is 5.75 Å². The van der Waals surface area contributed by atoms with E-state index in [9.17, 15) is 9.90 Å². The van der Waals surface area contributed by atoms with Crippen molar-refractivity contribution in [2.75, 3.05) is 5.32 Å². The topological polar surface area (TPSA) is 62.2 Å². The Morgan fingerprint density at radius 3 is 2.80 bits per heavy atom. The fourth-order valence-electron chi connectivity index (χ4n) is 2.06. The molecule has 3 rings (SSSR count). The summed E-state index contributed by atoms with van der Waals surface area (Å²) in [6.45, 7) is 0. The predicted octanol–water partition coefficient (Wildman–Crippen LogP) is 3.19. The van der Waals surface area contributed by atoms with Crippen LogP contribution in [0.2, 0.25) is 0 Å². The van der Waals surface area contributed by atoms with Crippen molar-refractivity contribution in [3.8, 4) is 5.75 Å². The standard InChI is InChI=1S/C16H12N2O2/c19-13-5-1-4-12(9-13)16(20)18-15-6-2-3-11-7-8-17-10-14(11)15/h1-10,19H,(H,18,20). The zero-order chi connectivity index (χ0) is 13.9. The number of phenols is 1. The maximum absolute atomic E-state index is 12.2. The molecule has 2 N–H and O–H groups in total. The molecule has 0 aliphatic rings. The first-order valence-corrected chi connectivity index (χ1v) is 6.17. The number of amides is 1. The highest BCUT2D eigenvalue weighted by Crippen LogP contribution is 2.23. The summed E-state index contributed by atoms with van der Waals surface area (Å²) in [4.78, 5) is 16.2. The molecule has 0 aliphatic heterocycles. The fraction of sp³-hybridized carbons (Fsp3) is 0. The number of aromatic hydroxyl groups is 1. The number of nitrogens with one attached hydrogen (secondary N) is 1. The highest BCUT2D eigenvalue weighted by atomic mass is 16.3. The van der Waals surface area contributed by atoms with Crippen LogP contribution in [0.25, 0.3) is 10.8 Å². The fourth-order valence-corrected chi connectivity index (χ4v) is 2.06. The lowest BCUT2D eigenvalue weighted by molar-refractivity contribution is 0.102. The molecular weight excluding hydrogens is 252 g/mol. The van der Waals surface area contributed by atoms with Gasteiger partial charge in [-0.25, -0.2) is 0 Å². The third kappa shape index (κ3) is 2.31. The number of rotatable bonds is 2. The van der Waals surface area contributed by atoms with Crippen LogP contribution >= 0.6 is 0 Å². The first-order chi connectivity index (χ1) is 9.74. The van der Waals surface area contributed by atoms with Crippen LogP contribution in [-0.2, 0) is 0 Å². The number of pyridine rings is 1. The van der Waals surface area contributed by atoms with Crippen molar-refractivity contribution in [2.24, 2.45) is 0 Å². The average Bonchev–Trinajstić information content (AvgIpc) is 2.47. The van der Waals surface area contributed by atoms with E-state index in [0.717, 1.165) is 10.8 Å². The van der Waals surface area contributed by atoms with Gasteiger partial charge in [-0.05, 0) is 35.7 Å². The summed E-state index contributed by atoms with van der Waals surface area (Å²) in [7, 11) is 0. The Labute approximate surface area is 115 Å². The number of phenolic OH excluding ortho intramolecular Hbond substituents is 1. The van der Waals surface area contributed by atoms with E-state index < -0.39 is 0 Å². The third-order valence-electron chi connectivity index (χ3n) is 3.04. The molecule has 0 saturated carbocycles. The van der Waals surface area contributed by atoms with Crippen LogP contribution in [0.3, 0.4) is 0 Å². The molecule has 0 fully saturated rings. The molecule has 0 spiro atoms. The van der Waals surface area contributed by atoms with Gasteiger partial charge in [-0.15, -0.1) is 0 Å². The zero-order valence-electron chi connectivity index (χ0n) is 10.6. The van der Waals surface area contributed by atoms with Gasteiger partial charge in [0.15, 0.2) is 0 Å². The Kier molecular flexibility index (Phi) is 3.05. The Bertz CT molecular complexity index is 779. The van der Waals surface area contributed by atoms with Crippen LogP contribution in [0.4, 0.5) is 5.69 Å². The van der Waals surface area contributed by atoms with Crippen molar-refractivity contribution < 1.29 is 9.90 Å². The lowest BCUT2D eigenvalue weighted by atomic mass is 10.1. The summed E-state index contributed by atoms with van der Waals surface area (Å²) in [5.41, 5.74) is 1.11. The summed E-state index contributed by atoms with van der Waals surface area (Å²) in [6, 6.07) is 13.8. The summed E-state index contributed by atoms with van der Waals surface area (Å²) in [6.07, 6.45) is 3.43. The van der Waals surface area contributed by atoms with E-state index in [0.29, 0.717) is 11.3 Å². The van der Waals surface area contributed by atoms with Gasteiger partial charge in [-0.3, -0.25) is 9.78 Å². The van der Waals surface area contributed by atoms with Crippen molar-refractivity contribution in [1.82, 2.24) is 4.98 Å². The first-order valence-electron chi connectivity index (χ1n) is 6.17. The largest absolute Gasteiger partial charge is 0.508 e. The molecule has 1 amide bonds. The van der Waals surface area contributed by atoms with Gasteiger partial charge in [0.25, 0.3) is 5.91 Å². The Hall–Kier alpha value is -2.88. The van der Waals surface area contributed by atoms with Gasteiger partial charge < -0.3 is 10.4 Å². The monoisotopic (exact) mass is 264 g/mol. The zero-order valence-corrected chi connectivity index (χ0v) is 10.6. The Balaban J connectivity index is 1.95. The quantitative estimate of drug-likeness (QED) is 0.747. The lowest BCUT2D eigenvalue weighted by Crippen LogP contribution is -2.11. The summed E-state index contributed by atoms with van der Waals surface area (Å²) < 4.78 is 0. The normalized spacial score (nSPS) is 10.4. The summed E-state index contributed by atoms with van der Waals surface area (Å²) in [5.74, 6) is -0.200. The van der Waals surface area contributed by atoms with Crippen LogP contribution in [0.1, 0.15) is 10.4 Å². The minimum Gasteiger partial charge on any atom is -0.508 e. The second-order valence-corrected chi connectivity index (χ2v) is 4.41. The SMILES string of the molecule is O=C(Nc1cccc2ccncc12)c1cccc(O)c1. The molecule has 0 unspecified atom stereocenters. The van der Waals surface area contributed by atoms with Gasteiger partial charge >= 0.3 is 0 Å². The van der Waals surface area contributed by atoms with Gasteiger partial charge in [-0.1, -0.05) is 18.2 Å². The van der Waals surface area contributed by atoms with E-state index in [-0.39, 0.29) is 11.7 Å². The van der Waals surface area contributed by atoms with E-state index in [2.05, 4.69) is 10.3 Å². The van der Waals surface area contributed by atoms with E-state index in [4.69, 9.17) is 0 Å². The van der Waals surface area contributed by atoms with Crippen molar-refractivity contribution in [1.29, 1.82) is 0 Å². The smallest absolute Gasteiger partial charge is 0.255 e. The van der Waals surface area contributed by atoms with Crippen molar-refractivity contribution in [2.45, 2.75) is 0 Å². The molecule has 4 nitrogen and oxygen atoms in total. The molecule has 98 valence electrons. The highest BCUT2D eigenvalue weighted by molar-refractivity contribution is 6.09. The van der Waals surface area contributed by atoms with Crippen LogP contribution in [0.15, 0.2) is 60.9 Å². The molecule has 3 aromatic rings. The van der Waals surface area contributed by atoms with Gasteiger partial charge in [0, 0.05) is 23.3 Å². The minimum atomic E-state index is -0.266. The van der Waals surface area contributed by atoms with Gasteiger partial charge in [0.05, 0.1) is 5.69 Å². The number of benzene rings is 2. The highest BCUT2D eigenvalue weighted by Gasteiger charge is 2.08. The molecule has 0 bridgehead atoms. The number of hydrogen-bond donors (Lipinski definition) is 2. The van der Waals surface area contributed by atoms with Crippen molar-refractivity contribution in [3.63, 3.8) is 0 Å². The maximum atomic E-state index is 12.2. The van der Waals surface area contributed by atoms with E-state index >= 15 is 0 Å². The van der Waals surface area contributed by atoms with Crippen LogP contribution < -0.4 is 5.32 Å². The van der Waals surface area contributed by atoms with Gasteiger partial charge in [0.2, 0.25) is 0 Å². The van der Waals surface area contributed by atoms with Gasteiger partial charge in [-0.2, -0.15) is 0 Å². The molecule has 1 heterocycles. The van der Waals surface area contributed by atoms with Crippen molar-refractivity contribution in [3.05, 3.63) is 66.5 Å². The van der Waals surface area contributed by atoms with E-state index in [1.165, 1.54) is 12.1 Å². The predicted molar refractivity (Wildman–Crippen MR) is 77.8 cm³/mol. The number of carbonyl (C=O) groups is 1. The number of carbonyl (C=O) groups excluding carboxylic acids is 1. The second-order valence-electron chi connectivity index (χ2n) is 4.41. The molecule has 0 saturated heterocycles. The van der Waals surface area contributed by atoms with Crippen molar-refractivity contribution >= 4 is 22.4 Å². The summed E-state index contributed by atoms with van der Waals surface area (Å²) in [5, 5.41) is 14.1. The minimum absolute atomic E-state index is 0.0669. The molecule has 20 heavy (non-hydrogen) atoms. The number of nitrogens with zero attached hydrogens (tertiary/aromatic N) is 1. The van der Waals surface area contributed by atoms with E-state index in [1.54, 1.807) is 24.5 Å². The van der Waals surface area contributed by atoms with Crippen LogP contribution in [0, 0.1) is 0 Å². The Morgan fingerprint density at radius 2 is 1.95 bits per heavy atom. The number of aromatic nitrogens is 1. The number of anilines is 1. The Morgan fingerprint density at radius 1 is 1.10 bits per heavy atom. The number of hydrogen-bond acceptors (Lipinski definition) is 3. The molecule has 4 heteroatoms. The first kappa shape index (κ1) is 12.2. The van der Waals surface area contributed by atoms with Crippen LogP contribution in [-0.4, -0.2) is 16.0 Å². The molecular formula is C16H12N2O2. The molecule has 2 aromatic carbocycles. The molecule has 0 aliphatic carbocycles. The maximum Gasteiger partial charge on any atom is 0.255 e. The van der Waals surface area contributed by atoms with Gasteiger partial charge in [0.1, 0.15) is 5.75 Å². The van der Waals surface area contributed by atoms with E-state index in [1.807, 2.05) is 24.3 Å². The third-order valence-corrected chi connectivity index (χ3v) is 3.04. The lowest BCUT2D eigenvalue weighted by Gasteiger charge is -2.08. The summed E-state index contributed by atoms with van der Waals surface area (Å²) >= 11 is 0. The molecule has 0 radical (unpaired) electrons. The molecule has 1 aromatic heterocycles. The average molecular weight is 264 g/mol. The molecule has 0 atom stereocenters. The second kappa shape index (κ2) is 5.01.